The monoisotopic (exact) mass is 260 g/mol. The fourth-order valence-electron chi connectivity index (χ4n) is 0. The van der Waals surface area contributed by atoms with Gasteiger partial charge in [-0.1, -0.05) is 0 Å². The van der Waals surface area contributed by atoms with Crippen molar-refractivity contribution in [3.05, 3.63) is 0 Å². The van der Waals surface area contributed by atoms with Gasteiger partial charge in [0.15, 0.2) is 0 Å². The summed E-state index contributed by atoms with van der Waals surface area (Å²) < 4.78 is 0. The summed E-state index contributed by atoms with van der Waals surface area (Å²) in [6.07, 6.45) is 0. The number of hydrogen-bond acceptors (Lipinski definition) is 2. The van der Waals surface area contributed by atoms with Crippen molar-refractivity contribution in [1.82, 2.24) is 0 Å². The minimum Gasteiger partial charge on any atom is -0.870 e. The Morgan fingerprint density at radius 1 is 0.333 bits per heavy atom. The van der Waals surface area contributed by atoms with Gasteiger partial charge in [-0.05, 0) is 0 Å². The molecule has 0 fully saturated rings. The summed E-state index contributed by atoms with van der Waals surface area (Å²) in [5, 5.41) is 0. The molecule has 0 saturated carbocycles. The molecule has 76 valence electrons. The molecule has 0 aliphatic carbocycles. The Morgan fingerprint density at radius 3 is 0.333 bits per heavy atom. The molecule has 0 aliphatic rings. The molecule has 0 aromatic carbocycles. The van der Waals surface area contributed by atoms with E-state index in [4.69, 9.17) is 0 Å². The Labute approximate surface area is 116 Å². The summed E-state index contributed by atoms with van der Waals surface area (Å²) in [5.74, 6) is 0. The van der Waals surface area contributed by atoms with E-state index < -0.39 is 0 Å². The number of rotatable bonds is 0. The molecule has 0 saturated heterocycles. The van der Waals surface area contributed by atoms with E-state index in [1.165, 1.54) is 0 Å². The van der Waals surface area contributed by atoms with Crippen LogP contribution in [0.25, 0.3) is 0 Å². The SMILES string of the molecule is O.O.O.O.O.O.[Cr].[Cr].[Li+].[Li+].[OH-].[OH-]. The van der Waals surface area contributed by atoms with Gasteiger partial charge < -0.3 is 43.8 Å². The molecule has 12 heteroatoms. The Bertz CT molecular complexity index is 15.0. The van der Waals surface area contributed by atoms with Crippen molar-refractivity contribution in [1.29, 1.82) is 0 Å². The molecule has 0 radical (unpaired) electrons. The first-order valence-electron chi connectivity index (χ1n) is 0. The maximum absolute atomic E-state index is 0. The normalized spacial score (nSPS) is 0. The van der Waals surface area contributed by atoms with Crippen LogP contribution in [-0.4, -0.2) is 43.8 Å². The third-order valence-corrected chi connectivity index (χ3v) is 0. The molecule has 0 heterocycles. The molecule has 0 rings (SSSR count). The van der Waals surface area contributed by atoms with E-state index in [0.29, 0.717) is 0 Å². The van der Waals surface area contributed by atoms with E-state index in [2.05, 4.69) is 0 Å². The van der Waals surface area contributed by atoms with E-state index in [1.807, 2.05) is 0 Å². The molecule has 12 heavy (non-hydrogen) atoms. The minimum absolute atomic E-state index is 0. The molecular weight excluding hydrogens is 246 g/mol. The van der Waals surface area contributed by atoms with E-state index in [0.717, 1.165) is 0 Å². The van der Waals surface area contributed by atoms with Crippen LogP contribution in [-0.2, 0) is 34.7 Å². The molecule has 0 atom stereocenters. The van der Waals surface area contributed by atoms with Crippen LogP contribution in [0.2, 0.25) is 0 Å². The smallest absolute Gasteiger partial charge is 0.870 e. The zero-order valence-electron chi connectivity index (χ0n) is 6.71. The van der Waals surface area contributed by atoms with Crippen LogP contribution in [0.15, 0.2) is 0 Å². The predicted octanol–water partition coefficient (Wildman–Crippen LogP) is -11.3. The fourth-order valence-corrected chi connectivity index (χ4v) is 0. The summed E-state index contributed by atoms with van der Waals surface area (Å²) in [7, 11) is 0. The van der Waals surface area contributed by atoms with Gasteiger partial charge in [0.1, 0.15) is 0 Å². The van der Waals surface area contributed by atoms with Gasteiger partial charge in [0.05, 0.1) is 0 Å². The summed E-state index contributed by atoms with van der Waals surface area (Å²) in [6.45, 7) is 0. The van der Waals surface area contributed by atoms with Gasteiger partial charge in [0, 0.05) is 34.7 Å². The van der Waals surface area contributed by atoms with Crippen LogP contribution >= 0.6 is 0 Å². The topological polar surface area (TPSA) is 249 Å². The van der Waals surface area contributed by atoms with Crippen molar-refractivity contribution in [2.75, 3.05) is 0 Å². The third-order valence-electron chi connectivity index (χ3n) is 0. The largest absolute Gasteiger partial charge is 1.00 e. The summed E-state index contributed by atoms with van der Waals surface area (Å²) in [4.78, 5) is 0. The Hall–Kier alpha value is 1.94. The molecule has 0 aromatic heterocycles. The first-order chi connectivity index (χ1) is 0. The summed E-state index contributed by atoms with van der Waals surface area (Å²) in [5.41, 5.74) is 0. The van der Waals surface area contributed by atoms with E-state index in [1.54, 1.807) is 0 Å². The molecule has 0 spiro atoms. The molecule has 0 aromatic rings. The molecule has 0 bridgehead atoms. The second-order valence-corrected chi connectivity index (χ2v) is 0. The van der Waals surface area contributed by atoms with E-state index in [-0.39, 0.29) is 116 Å². The zero-order chi connectivity index (χ0) is 0. The standard InChI is InChI=1S/2Cr.2Li.8H2O/h;;;;8*1H2/q;;2*+1;;;;;;;;/p-2. The van der Waals surface area contributed by atoms with Crippen LogP contribution in [0.4, 0.5) is 0 Å². The average molecular weight is 260 g/mol. The van der Waals surface area contributed by atoms with Gasteiger partial charge in [-0.2, -0.15) is 0 Å². The van der Waals surface area contributed by atoms with E-state index in [9.17, 15) is 0 Å². The average Bonchev–Trinajstić information content (AvgIpc) is 0. The first-order valence-corrected chi connectivity index (χ1v) is 0. The van der Waals surface area contributed by atoms with Gasteiger partial charge in [0.25, 0.3) is 0 Å². The van der Waals surface area contributed by atoms with Gasteiger partial charge >= 0.3 is 37.7 Å². The van der Waals surface area contributed by atoms with Crippen LogP contribution in [0, 0.1) is 0 Å². The fraction of sp³-hybridized carbons (Fsp3) is 0. The van der Waals surface area contributed by atoms with Gasteiger partial charge in [0.2, 0.25) is 0 Å². The van der Waals surface area contributed by atoms with Crippen molar-refractivity contribution in [2.24, 2.45) is 0 Å². The minimum atomic E-state index is 0. The van der Waals surface area contributed by atoms with Gasteiger partial charge in [-0.15, -0.1) is 0 Å². The summed E-state index contributed by atoms with van der Waals surface area (Å²) >= 11 is 0. The third kappa shape index (κ3) is 380. The second kappa shape index (κ2) is 490. The first kappa shape index (κ1) is 620. The molecule has 0 unspecified atom stereocenters. The van der Waals surface area contributed by atoms with Gasteiger partial charge in [-0.3, -0.25) is 0 Å². The Morgan fingerprint density at radius 2 is 0.333 bits per heavy atom. The van der Waals surface area contributed by atoms with Crippen LogP contribution < -0.4 is 37.7 Å². The molecule has 0 aliphatic heterocycles. The van der Waals surface area contributed by atoms with Crippen molar-refractivity contribution in [3.8, 4) is 0 Å². The molecule has 8 nitrogen and oxygen atoms in total. The number of hydrogen-bond donors (Lipinski definition) is 0. The van der Waals surface area contributed by atoms with Crippen molar-refractivity contribution in [2.45, 2.75) is 0 Å². The zero-order valence-corrected chi connectivity index (χ0v) is 9.26. The second-order valence-electron chi connectivity index (χ2n) is 0. The Kier molecular flexibility index (Phi) is 25300. The maximum Gasteiger partial charge on any atom is 1.00 e. The van der Waals surface area contributed by atoms with E-state index >= 15 is 0 Å². The van der Waals surface area contributed by atoms with Crippen molar-refractivity contribution < 1.29 is 116 Å². The van der Waals surface area contributed by atoms with Crippen LogP contribution in [0.5, 0.6) is 0 Å². The van der Waals surface area contributed by atoms with Crippen molar-refractivity contribution >= 4 is 0 Å². The van der Waals surface area contributed by atoms with Crippen LogP contribution in [0.1, 0.15) is 0 Å². The van der Waals surface area contributed by atoms with Crippen LogP contribution in [0.3, 0.4) is 0 Å². The Balaban J connectivity index is 0. The molecular formula is H14Cr2Li2O8. The quantitative estimate of drug-likeness (QED) is 0.384. The molecule has 0 amide bonds. The summed E-state index contributed by atoms with van der Waals surface area (Å²) in [6, 6.07) is 0. The van der Waals surface area contributed by atoms with Crippen molar-refractivity contribution in [3.63, 3.8) is 0 Å². The van der Waals surface area contributed by atoms with Gasteiger partial charge in [-0.25, -0.2) is 0 Å². The maximum atomic E-state index is 0. The molecule has 14 N–H and O–H groups in total. The predicted molar refractivity (Wildman–Crippen MR) is 25.6 cm³/mol.